The maximum Gasteiger partial charge on any atom is 0.472 e. The molecule has 0 heterocycles. The zero-order valence-electron chi connectivity index (χ0n) is 34.7. The highest BCUT2D eigenvalue weighted by Crippen LogP contribution is 2.43. The first kappa shape index (κ1) is 52.7. The van der Waals surface area contributed by atoms with E-state index in [1.165, 1.54) is 109 Å². The Morgan fingerprint density at radius 3 is 1.52 bits per heavy atom. The molecule has 0 fully saturated rings. The summed E-state index contributed by atoms with van der Waals surface area (Å²) in [4.78, 5) is 22.6. The molecule has 3 atom stereocenters. The van der Waals surface area contributed by atoms with E-state index >= 15 is 0 Å². The zero-order valence-corrected chi connectivity index (χ0v) is 35.6. The van der Waals surface area contributed by atoms with Crippen LogP contribution in [-0.2, 0) is 27.9 Å². The van der Waals surface area contributed by atoms with Gasteiger partial charge in [-0.3, -0.25) is 13.8 Å². The van der Waals surface area contributed by atoms with Crippen molar-refractivity contribution >= 4 is 13.8 Å². The number of hydrogen-bond acceptors (Lipinski definition) is 8. The topological polar surface area (TPSA) is 132 Å². The van der Waals surface area contributed by atoms with Gasteiger partial charge in [-0.1, -0.05) is 153 Å². The van der Waals surface area contributed by atoms with E-state index in [0.29, 0.717) is 6.61 Å². The molecule has 0 bridgehead atoms. The molecule has 3 N–H and O–H groups in total. The number of aliphatic hydroxyl groups is 2. The Kier molecular flexibility index (Phi) is 40.3. The number of aliphatic hydroxyl groups excluding tert-OH is 2. The number of hydrogen-bond donors (Lipinski definition) is 3. The van der Waals surface area contributed by atoms with Crippen LogP contribution in [0.1, 0.15) is 194 Å². The number of phosphoric acid groups is 1. The zero-order chi connectivity index (χ0) is 39.6. The molecule has 0 aliphatic heterocycles. The van der Waals surface area contributed by atoms with Crippen molar-refractivity contribution in [2.75, 3.05) is 33.0 Å². The van der Waals surface area contributed by atoms with Crippen LogP contribution in [0.5, 0.6) is 0 Å². The van der Waals surface area contributed by atoms with E-state index in [1.807, 2.05) is 0 Å². The van der Waals surface area contributed by atoms with E-state index in [2.05, 4.69) is 50.3 Å². The largest absolute Gasteiger partial charge is 0.472 e. The van der Waals surface area contributed by atoms with E-state index in [4.69, 9.17) is 23.6 Å². The fourth-order valence-electron chi connectivity index (χ4n) is 5.91. The number of rotatable bonds is 42. The Labute approximate surface area is 331 Å². The standard InChI is InChI=1S/C44H83O9P/c1-3-5-7-9-11-13-15-17-19-20-21-22-24-26-28-30-32-34-36-44(47)53-43(41-52-54(48,49)51-39-42(46)38-45)40-50-37-35-33-31-29-27-25-23-18-16-14-12-10-8-6-4-2/h13,15-16,18-20,42-43,45-46H,3-12,14,17,21-41H2,1-2H3,(H,48,49)/b15-13-,18-16-,20-19-. The van der Waals surface area contributed by atoms with Crippen LogP contribution in [0.15, 0.2) is 36.5 Å². The highest BCUT2D eigenvalue weighted by Gasteiger charge is 2.26. The minimum absolute atomic E-state index is 0.0426. The SMILES string of the molecule is CCCCCC/C=C\C/C=C\CCCCCCCCCC(=O)OC(COCCCCCCCC/C=C\CCCCCCC)COP(=O)(O)OCC(O)CO. The van der Waals surface area contributed by atoms with E-state index in [0.717, 1.165) is 64.2 Å². The van der Waals surface area contributed by atoms with Crippen molar-refractivity contribution in [2.45, 2.75) is 206 Å². The van der Waals surface area contributed by atoms with Gasteiger partial charge in [0, 0.05) is 13.0 Å². The van der Waals surface area contributed by atoms with Gasteiger partial charge in [0.05, 0.1) is 26.4 Å². The number of carbonyl (C=O) groups is 1. The summed E-state index contributed by atoms with van der Waals surface area (Å²) < 4.78 is 33.4. The van der Waals surface area contributed by atoms with Gasteiger partial charge in [-0.15, -0.1) is 0 Å². The third-order valence-electron chi connectivity index (χ3n) is 9.30. The lowest BCUT2D eigenvalue weighted by atomic mass is 10.1. The van der Waals surface area contributed by atoms with Gasteiger partial charge in [0.25, 0.3) is 0 Å². The minimum Gasteiger partial charge on any atom is -0.457 e. The van der Waals surface area contributed by atoms with Crippen molar-refractivity contribution < 1.29 is 43.0 Å². The number of unbranched alkanes of at least 4 members (excludes halogenated alkanes) is 22. The van der Waals surface area contributed by atoms with Gasteiger partial charge in [-0.25, -0.2) is 4.57 Å². The number of ether oxygens (including phenoxy) is 2. The summed E-state index contributed by atoms with van der Waals surface area (Å²) in [5, 5.41) is 18.3. The van der Waals surface area contributed by atoms with Gasteiger partial charge in [0.1, 0.15) is 12.2 Å². The first-order chi connectivity index (χ1) is 26.3. The molecule has 0 aromatic carbocycles. The fraction of sp³-hybridized carbons (Fsp3) is 0.841. The number of esters is 1. The normalized spacial score (nSPS) is 14.4. The Hall–Kier alpha value is -1.32. The Bertz CT molecular complexity index is 939. The summed E-state index contributed by atoms with van der Waals surface area (Å²) in [6, 6.07) is 0. The lowest BCUT2D eigenvalue weighted by Gasteiger charge is -2.20. The molecule has 10 heteroatoms. The van der Waals surface area contributed by atoms with E-state index in [9.17, 15) is 19.4 Å². The van der Waals surface area contributed by atoms with Crippen molar-refractivity contribution in [3.05, 3.63) is 36.5 Å². The molecule has 0 aromatic heterocycles. The van der Waals surface area contributed by atoms with E-state index in [1.54, 1.807) is 0 Å². The highest BCUT2D eigenvalue weighted by atomic mass is 31.2. The predicted molar refractivity (Wildman–Crippen MR) is 224 cm³/mol. The first-order valence-corrected chi connectivity index (χ1v) is 23.5. The van der Waals surface area contributed by atoms with Gasteiger partial charge in [0.15, 0.2) is 0 Å². The van der Waals surface area contributed by atoms with Crippen LogP contribution in [0.3, 0.4) is 0 Å². The van der Waals surface area contributed by atoms with Crippen molar-refractivity contribution in [3.63, 3.8) is 0 Å². The smallest absolute Gasteiger partial charge is 0.457 e. The summed E-state index contributed by atoms with van der Waals surface area (Å²) in [7, 11) is -4.52. The van der Waals surface area contributed by atoms with Crippen LogP contribution in [0, 0.1) is 0 Å². The molecule has 0 saturated carbocycles. The van der Waals surface area contributed by atoms with Gasteiger partial charge in [-0.05, 0) is 70.6 Å². The molecule has 54 heavy (non-hydrogen) atoms. The van der Waals surface area contributed by atoms with Crippen LogP contribution < -0.4 is 0 Å². The number of allylic oxidation sites excluding steroid dienone is 6. The summed E-state index contributed by atoms with van der Waals surface area (Å²) in [5.41, 5.74) is 0. The van der Waals surface area contributed by atoms with Crippen LogP contribution in [0.2, 0.25) is 0 Å². The average molecular weight is 787 g/mol. The lowest BCUT2D eigenvalue weighted by Crippen LogP contribution is -2.29. The molecule has 0 rings (SSSR count). The molecule has 0 aliphatic rings. The second-order valence-corrected chi connectivity index (χ2v) is 16.2. The third kappa shape index (κ3) is 40.3. The second kappa shape index (κ2) is 41.3. The van der Waals surface area contributed by atoms with Gasteiger partial charge in [-0.2, -0.15) is 0 Å². The molecular formula is C44H83O9P. The predicted octanol–water partition coefficient (Wildman–Crippen LogP) is 12.0. The Morgan fingerprint density at radius 2 is 1.00 bits per heavy atom. The van der Waals surface area contributed by atoms with Gasteiger partial charge >= 0.3 is 13.8 Å². The summed E-state index contributed by atoms with van der Waals surface area (Å²) in [6.07, 6.45) is 43.8. The number of carbonyl (C=O) groups excluding carboxylic acids is 1. The summed E-state index contributed by atoms with van der Waals surface area (Å²) in [5.74, 6) is -0.392. The Balaban J connectivity index is 4.19. The van der Waals surface area contributed by atoms with Gasteiger partial charge < -0.3 is 24.6 Å². The quantitative estimate of drug-likeness (QED) is 0.0239. The van der Waals surface area contributed by atoms with Gasteiger partial charge in [0.2, 0.25) is 0 Å². The highest BCUT2D eigenvalue weighted by molar-refractivity contribution is 7.47. The minimum atomic E-state index is -4.52. The van der Waals surface area contributed by atoms with Crippen LogP contribution in [0.4, 0.5) is 0 Å². The summed E-state index contributed by atoms with van der Waals surface area (Å²) >= 11 is 0. The molecule has 0 spiro atoms. The molecule has 0 saturated heterocycles. The van der Waals surface area contributed by atoms with Crippen molar-refractivity contribution in [3.8, 4) is 0 Å². The molecule has 0 aromatic rings. The number of phosphoric ester groups is 1. The van der Waals surface area contributed by atoms with Crippen LogP contribution >= 0.6 is 7.82 Å². The third-order valence-corrected chi connectivity index (χ3v) is 10.2. The molecule has 0 amide bonds. The monoisotopic (exact) mass is 787 g/mol. The Morgan fingerprint density at radius 1 is 0.574 bits per heavy atom. The maximum absolute atomic E-state index is 12.6. The van der Waals surface area contributed by atoms with E-state index in [-0.39, 0.29) is 19.6 Å². The molecule has 3 unspecified atom stereocenters. The van der Waals surface area contributed by atoms with Crippen LogP contribution in [-0.4, -0.2) is 66.3 Å². The summed E-state index contributed by atoms with van der Waals surface area (Å²) in [6.45, 7) is 3.48. The van der Waals surface area contributed by atoms with Crippen molar-refractivity contribution in [1.29, 1.82) is 0 Å². The van der Waals surface area contributed by atoms with Crippen molar-refractivity contribution in [2.24, 2.45) is 0 Å². The first-order valence-electron chi connectivity index (χ1n) is 22.0. The fourth-order valence-corrected chi connectivity index (χ4v) is 6.70. The molecule has 0 aliphatic carbocycles. The molecular weight excluding hydrogens is 703 g/mol. The lowest BCUT2D eigenvalue weighted by molar-refractivity contribution is -0.154. The molecule has 0 radical (unpaired) electrons. The average Bonchev–Trinajstić information content (AvgIpc) is 3.16. The van der Waals surface area contributed by atoms with E-state index < -0.39 is 39.2 Å². The second-order valence-electron chi connectivity index (χ2n) is 14.7. The van der Waals surface area contributed by atoms with Crippen molar-refractivity contribution in [1.82, 2.24) is 0 Å². The molecule has 318 valence electrons. The molecule has 9 nitrogen and oxygen atoms in total. The maximum atomic E-state index is 12.6. The van der Waals surface area contributed by atoms with Crippen LogP contribution in [0.25, 0.3) is 0 Å².